The van der Waals surface area contributed by atoms with Crippen LogP contribution in [0, 0.1) is 0 Å². The zero-order valence-corrected chi connectivity index (χ0v) is 18.4. The van der Waals surface area contributed by atoms with Gasteiger partial charge in [0.15, 0.2) is 0 Å². The van der Waals surface area contributed by atoms with Gasteiger partial charge in [-0.15, -0.1) is 0 Å². The normalized spacial score (nSPS) is 16.4. The van der Waals surface area contributed by atoms with Crippen LogP contribution in [0.4, 0.5) is 5.69 Å². The maximum Gasteiger partial charge on any atom is 0.0379 e. The average molecular weight is 419 g/mol. The van der Waals surface area contributed by atoms with Crippen LogP contribution in [0.2, 0.25) is 0 Å². The Hall–Kier alpha value is -3.78. The summed E-state index contributed by atoms with van der Waals surface area (Å²) < 4.78 is 0. The van der Waals surface area contributed by atoms with Crippen molar-refractivity contribution in [3.63, 3.8) is 0 Å². The van der Waals surface area contributed by atoms with Crippen LogP contribution in [-0.2, 0) is 0 Å². The van der Waals surface area contributed by atoms with Crippen LogP contribution in [0.5, 0.6) is 0 Å². The summed E-state index contributed by atoms with van der Waals surface area (Å²) in [4.78, 5) is 0. The third kappa shape index (κ3) is 5.47. The van der Waals surface area contributed by atoms with Gasteiger partial charge in [-0.3, -0.25) is 0 Å². The average Bonchev–Trinajstić information content (AvgIpc) is 2.85. The summed E-state index contributed by atoms with van der Waals surface area (Å²) in [6.45, 7) is 4.26. The highest BCUT2D eigenvalue weighted by Crippen LogP contribution is 2.34. The van der Waals surface area contributed by atoms with Crippen molar-refractivity contribution in [1.82, 2.24) is 0 Å². The van der Waals surface area contributed by atoms with E-state index in [2.05, 4.69) is 60.5 Å². The van der Waals surface area contributed by atoms with Crippen LogP contribution in [-0.4, -0.2) is 0 Å². The summed E-state index contributed by atoms with van der Waals surface area (Å²) in [5, 5.41) is 3.25. The third-order valence-electron chi connectivity index (χ3n) is 5.82. The molecular weight excluding hydrogens is 388 g/mol. The lowest BCUT2D eigenvalue weighted by atomic mass is 9.85. The molecule has 0 radical (unpaired) electrons. The van der Waals surface area contributed by atoms with Crippen LogP contribution >= 0.6 is 0 Å². The monoisotopic (exact) mass is 418 g/mol. The fourth-order valence-electron chi connectivity index (χ4n) is 4.02. The maximum atomic E-state index is 6.38. The van der Waals surface area contributed by atoms with E-state index >= 15 is 0 Å². The Balaban J connectivity index is 1.45. The smallest absolute Gasteiger partial charge is 0.0379 e. The van der Waals surface area contributed by atoms with Gasteiger partial charge in [0.2, 0.25) is 0 Å². The zero-order chi connectivity index (χ0) is 22.2. The number of allylic oxidation sites excluding steroid dienone is 12. The van der Waals surface area contributed by atoms with Crippen molar-refractivity contribution in [3.8, 4) is 0 Å². The van der Waals surface area contributed by atoms with E-state index in [9.17, 15) is 0 Å². The third-order valence-corrected chi connectivity index (χ3v) is 5.82. The van der Waals surface area contributed by atoms with Crippen molar-refractivity contribution in [1.29, 1.82) is 0 Å². The van der Waals surface area contributed by atoms with E-state index in [0.29, 0.717) is 0 Å². The Morgan fingerprint density at radius 2 is 1.81 bits per heavy atom. The van der Waals surface area contributed by atoms with Gasteiger partial charge >= 0.3 is 0 Å². The fraction of sp³-hybridized carbons (Fsp3) is 0.133. The van der Waals surface area contributed by atoms with Crippen LogP contribution in [0.1, 0.15) is 36.8 Å². The number of hydrogen-bond donors (Lipinski definition) is 2. The van der Waals surface area contributed by atoms with Crippen molar-refractivity contribution in [2.75, 3.05) is 5.32 Å². The van der Waals surface area contributed by atoms with Gasteiger partial charge < -0.3 is 11.1 Å². The molecule has 2 nitrogen and oxygen atoms in total. The molecule has 0 atom stereocenters. The molecule has 160 valence electrons. The number of para-hydroxylation sites is 1. The summed E-state index contributed by atoms with van der Waals surface area (Å²) in [7, 11) is 0. The summed E-state index contributed by atoms with van der Waals surface area (Å²) >= 11 is 0. The second-order valence-electron chi connectivity index (χ2n) is 8.10. The second-order valence-corrected chi connectivity index (χ2v) is 8.10. The van der Waals surface area contributed by atoms with Gasteiger partial charge in [0.25, 0.3) is 0 Å². The molecule has 2 aliphatic carbocycles. The first kappa shape index (κ1) is 21.5. The fourth-order valence-corrected chi connectivity index (χ4v) is 4.02. The summed E-state index contributed by atoms with van der Waals surface area (Å²) in [6, 6.07) is 18.8. The Kier molecular flexibility index (Phi) is 7.04. The highest BCUT2D eigenvalue weighted by atomic mass is 14.8. The van der Waals surface area contributed by atoms with Gasteiger partial charge in [0, 0.05) is 17.6 Å². The van der Waals surface area contributed by atoms with Crippen molar-refractivity contribution in [2.45, 2.75) is 25.7 Å². The summed E-state index contributed by atoms with van der Waals surface area (Å²) in [5.74, 6) is 0. The lowest BCUT2D eigenvalue weighted by Gasteiger charge is -2.21. The van der Waals surface area contributed by atoms with Crippen molar-refractivity contribution in [2.24, 2.45) is 5.73 Å². The van der Waals surface area contributed by atoms with Crippen molar-refractivity contribution < 1.29 is 0 Å². The predicted molar refractivity (Wildman–Crippen MR) is 139 cm³/mol. The largest absolute Gasteiger partial charge is 0.402 e. The first-order valence-corrected chi connectivity index (χ1v) is 11.2. The van der Waals surface area contributed by atoms with E-state index in [1.807, 2.05) is 54.8 Å². The molecule has 0 saturated carbocycles. The number of benzene rings is 2. The number of rotatable bonds is 7. The van der Waals surface area contributed by atoms with E-state index < -0.39 is 0 Å². The molecule has 0 aliphatic heterocycles. The Morgan fingerprint density at radius 1 is 0.938 bits per heavy atom. The number of hydrogen-bond acceptors (Lipinski definition) is 2. The van der Waals surface area contributed by atoms with Crippen LogP contribution in [0.15, 0.2) is 127 Å². The van der Waals surface area contributed by atoms with Crippen molar-refractivity contribution >= 4 is 16.8 Å². The zero-order valence-electron chi connectivity index (χ0n) is 18.4. The van der Waals surface area contributed by atoms with E-state index in [1.54, 1.807) is 0 Å². The predicted octanol–water partition coefficient (Wildman–Crippen LogP) is 7.55. The van der Waals surface area contributed by atoms with Crippen LogP contribution < -0.4 is 11.1 Å². The van der Waals surface area contributed by atoms with E-state index in [4.69, 9.17) is 5.73 Å². The minimum atomic E-state index is 0.909. The molecule has 2 aliphatic rings. The molecule has 4 rings (SSSR count). The lowest BCUT2D eigenvalue weighted by Crippen LogP contribution is -2.09. The molecule has 0 unspecified atom stereocenters. The second kappa shape index (κ2) is 10.5. The molecular formula is C30H30N2. The van der Waals surface area contributed by atoms with E-state index in [-0.39, 0.29) is 0 Å². The van der Waals surface area contributed by atoms with Gasteiger partial charge in [-0.1, -0.05) is 73.4 Å². The van der Waals surface area contributed by atoms with Gasteiger partial charge in [-0.2, -0.15) is 0 Å². The highest BCUT2D eigenvalue weighted by Gasteiger charge is 2.16. The molecule has 3 N–H and O–H groups in total. The number of nitrogens with one attached hydrogen (secondary N) is 1. The molecule has 2 aromatic rings. The molecule has 0 bridgehead atoms. The summed E-state index contributed by atoms with van der Waals surface area (Å²) in [5.41, 5.74) is 15.7. The Morgan fingerprint density at radius 3 is 2.62 bits per heavy atom. The Bertz CT molecular complexity index is 1150. The SMILES string of the molecule is C=C(/C=C\C=C/Nc1ccccc1)c1cccc(C2=CC(C3=CC=CCC3)=C(N)CC2)c1. The highest BCUT2D eigenvalue weighted by molar-refractivity contribution is 5.78. The molecule has 0 spiro atoms. The minimum absolute atomic E-state index is 0.909. The van der Waals surface area contributed by atoms with E-state index in [0.717, 1.165) is 48.2 Å². The van der Waals surface area contributed by atoms with Gasteiger partial charge in [0.1, 0.15) is 0 Å². The lowest BCUT2D eigenvalue weighted by molar-refractivity contribution is 0.908. The molecule has 0 saturated heterocycles. The standard InChI is InChI=1S/C30H30N2/c1-23(11-8-9-20-32-28-16-6-3-7-17-28)25-14-10-15-26(21-25)27-18-19-30(31)29(22-27)24-12-4-2-5-13-24/h2-4,6-12,14-17,20-22,32H,1,5,13,18-19,31H2/b11-8-,20-9-. The first-order chi connectivity index (χ1) is 15.7. The van der Waals surface area contributed by atoms with Crippen LogP contribution in [0.25, 0.3) is 11.1 Å². The Labute approximate surface area is 191 Å². The topological polar surface area (TPSA) is 38.0 Å². The van der Waals surface area contributed by atoms with E-state index in [1.165, 1.54) is 22.3 Å². The number of anilines is 1. The molecule has 0 fully saturated rings. The molecule has 0 aromatic heterocycles. The van der Waals surface area contributed by atoms with Gasteiger partial charge in [-0.05, 0) is 89.5 Å². The van der Waals surface area contributed by atoms with Crippen LogP contribution in [0.3, 0.4) is 0 Å². The van der Waals surface area contributed by atoms with Crippen molar-refractivity contribution in [3.05, 3.63) is 138 Å². The molecule has 0 heterocycles. The molecule has 32 heavy (non-hydrogen) atoms. The quantitative estimate of drug-likeness (QED) is 0.456. The molecule has 2 heteroatoms. The number of nitrogens with two attached hydrogens (primary N) is 1. The maximum absolute atomic E-state index is 6.38. The minimum Gasteiger partial charge on any atom is -0.402 e. The first-order valence-electron chi connectivity index (χ1n) is 11.2. The molecule has 0 amide bonds. The van der Waals surface area contributed by atoms with Gasteiger partial charge in [0.05, 0.1) is 0 Å². The van der Waals surface area contributed by atoms with Gasteiger partial charge in [-0.25, -0.2) is 0 Å². The summed E-state index contributed by atoms with van der Waals surface area (Å²) in [6.07, 6.45) is 20.8. The molecule has 2 aromatic carbocycles.